The summed E-state index contributed by atoms with van der Waals surface area (Å²) in [6.45, 7) is 4.52. The fourth-order valence-electron chi connectivity index (χ4n) is 4.14. The van der Waals surface area contributed by atoms with Gasteiger partial charge in [-0.1, -0.05) is 43.5 Å². The molecule has 0 spiro atoms. The van der Waals surface area contributed by atoms with Crippen molar-refractivity contribution < 1.29 is 28.6 Å². The highest BCUT2D eigenvalue weighted by Gasteiger charge is 2.26. The number of nitrogens with one attached hydrogen (secondary N) is 1. The number of nitrogens with zero attached hydrogens (tertiary/aromatic N) is 1. The van der Waals surface area contributed by atoms with Gasteiger partial charge < -0.3 is 19.5 Å². The molecule has 1 amide bonds. The number of carbonyl (C=O) groups excluding carboxylic acids is 3. The SMILES string of the molecule is COc1ccnc(C(=O)NC(C)C(=O)OC(C)c2ccc(C3CCCCC3)cc2)c1OC(C)=O. The molecule has 0 bridgehead atoms. The van der Waals surface area contributed by atoms with Crippen LogP contribution in [0.25, 0.3) is 0 Å². The molecule has 1 aliphatic rings. The predicted molar refractivity (Wildman–Crippen MR) is 126 cm³/mol. The van der Waals surface area contributed by atoms with Crippen LogP contribution < -0.4 is 14.8 Å². The Labute approximate surface area is 200 Å². The summed E-state index contributed by atoms with van der Waals surface area (Å²) in [6, 6.07) is 8.74. The van der Waals surface area contributed by atoms with Crippen LogP contribution in [-0.4, -0.2) is 36.0 Å². The molecule has 1 N–H and O–H groups in total. The smallest absolute Gasteiger partial charge is 0.328 e. The first-order valence-corrected chi connectivity index (χ1v) is 11.6. The number of hydrogen-bond donors (Lipinski definition) is 1. The molecule has 0 saturated heterocycles. The molecule has 1 saturated carbocycles. The molecule has 3 rings (SSSR count). The number of pyridine rings is 1. The molecule has 2 unspecified atom stereocenters. The summed E-state index contributed by atoms with van der Waals surface area (Å²) < 4.78 is 15.8. The Bertz CT molecular complexity index is 1010. The van der Waals surface area contributed by atoms with E-state index in [2.05, 4.69) is 22.4 Å². The molecule has 182 valence electrons. The van der Waals surface area contributed by atoms with E-state index in [0.717, 1.165) is 5.56 Å². The predicted octanol–water partition coefficient (Wildman–Crippen LogP) is 4.49. The molecule has 2 aromatic rings. The highest BCUT2D eigenvalue weighted by Crippen LogP contribution is 2.33. The first kappa shape index (κ1) is 25.2. The number of rotatable bonds is 8. The topological polar surface area (TPSA) is 104 Å². The van der Waals surface area contributed by atoms with Crippen LogP contribution in [0.1, 0.15) is 86.5 Å². The van der Waals surface area contributed by atoms with Crippen LogP contribution in [0.4, 0.5) is 0 Å². The Hall–Kier alpha value is -3.42. The van der Waals surface area contributed by atoms with Gasteiger partial charge >= 0.3 is 11.9 Å². The fourth-order valence-corrected chi connectivity index (χ4v) is 4.14. The van der Waals surface area contributed by atoms with Crippen LogP contribution in [0.5, 0.6) is 11.5 Å². The summed E-state index contributed by atoms with van der Waals surface area (Å²) in [4.78, 5) is 40.8. The summed E-state index contributed by atoms with van der Waals surface area (Å²) in [5.41, 5.74) is 2.05. The van der Waals surface area contributed by atoms with Gasteiger partial charge in [0.15, 0.2) is 11.4 Å². The number of hydrogen-bond acceptors (Lipinski definition) is 7. The van der Waals surface area contributed by atoms with Crippen molar-refractivity contribution in [3.63, 3.8) is 0 Å². The van der Waals surface area contributed by atoms with E-state index in [-0.39, 0.29) is 17.2 Å². The number of benzene rings is 1. The van der Waals surface area contributed by atoms with Gasteiger partial charge in [0, 0.05) is 19.2 Å². The molecule has 0 aliphatic heterocycles. The zero-order valence-corrected chi connectivity index (χ0v) is 20.1. The number of ether oxygens (including phenoxy) is 3. The molecule has 1 heterocycles. The Balaban J connectivity index is 1.61. The first-order valence-electron chi connectivity index (χ1n) is 11.6. The second kappa shape index (κ2) is 11.6. The van der Waals surface area contributed by atoms with Crippen molar-refractivity contribution in [2.75, 3.05) is 7.11 Å². The lowest BCUT2D eigenvalue weighted by atomic mass is 9.84. The summed E-state index contributed by atoms with van der Waals surface area (Å²) in [5.74, 6) is -1.23. The Morgan fingerprint density at radius 3 is 2.32 bits per heavy atom. The Morgan fingerprint density at radius 1 is 1.03 bits per heavy atom. The minimum atomic E-state index is -0.949. The zero-order chi connectivity index (χ0) is 24.7. The molecule has 8 nitrogen and oxygen atoms in total. The zero-order valence-electron chi connectivity index (χ0n) is 20.1. The Kier molecular flexibility index (Phi) is 8.62. The fraction of sp³-hybridized carbons (Fsp3) is 0.462. The van der Waals surface area contributed by atoms with E-state index in [0.29, 0.717) is 5.92 Å². The monoisotopic (exact) mass is 468 g/mol. The molecular weight excluding hydrogens is 436 g/mol. The van der Waals surface area contributed by atoms with Crippen molar-refractivity contribution >= 4 is 17.8 Å². The molecule has 1 aliphatic carbocycles. The Morgan fingerprint density at radius 2 is 1.71 bits per heavy atom. The average molecular weight is 469 g/mol. The van der Waals surface area contributed by atoms with Crippen LogP contribution in [0.15, 0.2) is 36.5 Å². The lowest BCUT2D eigenvalue weighted by Crippen LogP contribution is -2.40. The van der Waals surface area contributed by atoms with Crippen LogP contribution in [0.3, 0.4) is 0 Å². The second-order valence-corrected chi connectivity index (χ2v) is 8.56. The molecule has 34 heavy (non-hydrogen) atoms. The molecule has 0 radical (unpaired) electrons. The maximum absolute atomic E-state index is 12.7. The van der Waals surface area contributed by atoms with Crippen molar-refractivity contribution in [3.8, 4) is 11.5 Å². The van der Waals surface area contributed by atoms with E-state index < -0.39 is 30.0 Å². The molecule has 8 heteroatoms. The minimum absolute atomic E-state index is 0.109. The van der Waals surface area contributed by atoms with Gasteiger partial charge in [0.25, 0.3) is 5.91 Å². The largest absolute Gasteiger partial charge is 0.493 e. The van der Waals surface area contributed by atoms with Crippen molar-refractivity contribution in [3.05, 3.63) is 53.3 Å². The highest BCUT2D eigenvalue weighted by atomic mass is 16.6. The van der Waals surface area contributed by atoms with E-state index in [1.807, 2.05) is 12.1 Å². The number of aromatic nitrogens is 1. The maximum atomic E-state index is 12.7. The summed E-state index contributed by atoms with van der Waals surface area (Å²) in [7, 11) is 1.38. The van der Waals surface area contributed by atoms with Gasteiger partial charge in [0.05, 0.1) is 7.11 Å². The minimum Gasteiger partial charge on any atom is -0.493 e. The van der Waals surface area contributed by atoms with E-state index in [4.69, 9.17) is 14.2 Å². The molecule has 1 aromatic heterocycles. The van der Waals surface area contributed by atoms with Gasteiger partial charge in [-0.05, 0) is 43.7 Å². The van der Waals surface area contributed by atoms with Gasteiger partial charge in [-0.15, -0.1) is 0 Å². The third-order valence-corrected chi connectivity index (χ3v) is 6.03. The third kappa shape index (κ3) is 6.34. The summed E-state index contributed by atoms with van der Waals surface area (Å²) >= 11 is 0. The summed E-state index contributed by atoms with van der Waals surface area (Å²) in [5, 5.41) is 2.55. The van der Waals surface area contributed by atoms with Crippen LogP contribution in [0, 0.1) is 0 Å². The van der Waals surface area contributed by atoms with Crippen molar-refractivity contribution in [1.29, 1.82) is 0 Å². The molecule has 1 fully saturated rings. The average Bonchev–Trinajstić information content (AvgIpc) is 2.84. The highest BCUT2D eigenvalue weighted by molar-refractivity contribution is 5.98. The normalized spacial score (nSPS) is 15.6. The van der Waals surface area contributed by atoms with Gasteiger partial charge in [-0.2, -0.15) is 0 Å². The van der Waals surface area contributed by atoms with Gasteiger partial charge in [-0.25, -0.2) is 9.78 Å². The molecular formula is C26H32N2O6. The van der Waals surface area contributed by atoms with E-state index >= 15 is 0 Å². The van der Waals surface area contributed by atoms with Crippen LogP contribution in [-0.2, 0) is 14.3 Å². The lowest BCUT2D eigenvalue weighted by Gasteiger charge is -2.23. The van der Waals surface area contributed by atoms with E-state index in [9.17, 15) is 14.4 Å². The van der Waals surface area contributed by atoms with Gasteiger partial charge in [-0.3, -0.25) is 9.59 Å². The van der Waals surface area contributed by atoms with Crippen molar-refractivity contribution in [2.45, 2.75) is 70.9 Å². The number of carbonyl (C=O) groups is 3. The standard InChI is InChI=1S/C26H32N2O6/c1-16(28-25(30)23-24(34-18(3)29)22(32-4)14-15-27-23)26(31)33-17(2)19-10-12-21(13-11-19)20-8-6-5-7-9-20/h10-17,20H,5-9H2,1-4H3,(H,28,30). The summed E-state index contributed by atoms with van der Waals surface area (Å²) in [6.07, 6.45) is 7.19. The number of amides is 1. The van der Waals surface area contributed by atoms with Crippen LogP contribution >= 0.6 is 0 Å². The van der Waals surface area contributed by atoms with Crippen molar-refractivity contribution in [2.24, 2.45) is 0 Å². The maximum Gasteiger partial charge on any atom is 0.328 e. The molecule has 2 atom stereocenters. The van der Waals surface area contributed by atoms with Gasteiger partial charge in [0.2, 0.25) is 5.75 Å². The number of methoxy groups -OCH3 is 1. The molecule has 1 aromatic carbocycles. The van der Waals surface area contributed by atoms with Crippen molar-refractivity contribution in [1.82, 2.24) is 10.3 Å². The van der Waals surface area contributed by atoms with E-state index in [1.165, 1.54) is 70.9 Å². The third-order valence-electron chi connectivity index (χ3n) is 6.03. The van der Waals surface area contributed by atoms with Gasteiger partial charge in [0.1, 0.15) is 12.1 Å². The quantitative estimate of drug-likeness (QED) is 0.570. The second-order valence-electron chi connectivity index (χ2n) is 8.56. The lowest BCUT2D eigenvalue weighted by molar-refractivity contribution is -0.150. The van der Waals surface area contributed by atoms with Crippen LogP contribution in [0.2, 0.25) is 0 Å². The first-order chi connectivity index (χ1) is 16.3. The number of esters is 2. The van der Waals surface area contributed by atoms with E-state index in [1.54, 1.807) is 6.92 Å².